The van der Waals surface area contributed by atoms with Gasteiger partial charge in [-0.05, 0) is 29.9 Å². The lowest BCUT2D eigenvalue weighted by Gasteiger charge is -2.02. The van der Waals surface area contributed by atoms with E-state index in [2.05, 4.69) is 30.3 Å². The van der Waals surface area contributed by atoms with Crippen molar-refractivity contribution in [2.45, 2.75) is 0 Å². The number of hydrogen-bond donors (Lipinski definition) is 0. The van der Waals surface area contributed by atoms with Gasteiger partial charge in [-0.15, -0.1) is 11.3 Å². The average molecular weight is 294 g/mol. The molecule has 0 radical (unpaired) electrons. The molecule has 0 amide bonds. The molecular weight excluding hydrogens is 284 g/mol. The number of fused-ring (bicyclic) bond motifs is 3. The van der Waals surface area contributed by atoms with Gasteiger partial charge < -0.3 is 4.42 Å². The Bertz CT molecular complexity index is 965. The molecule has 0 fully saturated rings. The molecule has 2 aromatic heterocycles. The molecule has 0 N–H and O–H groups in total. The summed E-state index contributed by atoms with van der Waals surface area (Å²) in [5, 5.41) is 1.14. The minimum atomic E-state index is 0.528. The Morgan fingerprint density at radius 1 is 0.900 bits per heavy atom. The summed E-state index contributed by atoms with van der Waals surface area (Å²) in [6, 6.07) is 20.5. The van der Waals surface area contributed by atoms with Crippen LogP contribution >= 0.6 is 23.6 Å². The Kier molecular flexibility index (Phi) is 2.69. The molecule has 0 aliphatic carbocycles. The van der Waals surface area contributed by atoms with Crippen LogP contribution in [0.5, 0.6) is 0 Å². The van der Waals surface area contributed by atoms with E-state index in [0.717, 1.165) is 21.2 Å². The van der Waals surface area contributed by atoms with Gasteiger partial charge >= 0.3 is 0 Å². The van der Waals surface area contributed by atoms with E-state index in [-0.39, 0.29) is 0 Å². The van der Waals surface area contributed by atoms with Crippen LogP contribution in [0, 0.1) is 4.71 Å². The van der Waals surface area contributed by atoms with E-state index in [0.29, 0.717) is 4.71 Å². The highest BCUT2D eigenvalue weighted by atomic mass is 32.1. The summed E-state index contributed by atoms with van der Waals surface area (Å²) in [5.74, 6) is 0. The van der Waals surface area contributed by atoms with Crippen LogP contribution in [-0.4, -0.2) is 0 Å². The van der Waals surface area contributed by atoms with Crippen LogP contribution in [-0.2, 0) is 0 Å². The lowest BCUT2D eigenvalue weighted by Crippen LogP contribution is -1.78. The molecule has 2 heterocycles. The Balaban J connectivity index is 2.19. The predicted octanol–water partition coefficient (Wildman–Crippen LogP) is 6.04. The van der Waals surface area contributed by atoms with Crippen LogP contribution < -0.4 is 0 Å². The molecule has 0 aliphatic heterocycles. The fourth-order valence-electron chi connectivity index (χ4n) is 2.45. The van der Waals surface area contributed by atoms with Crippen molar-refractivity contribution in [3.8, 4) is 11.1 Å². The summed E-state index contributed by atoms with van der Waals surface area (Å²) in [4.78, 5) is 0. The van der Waals surface area contributed by atoms with Gasteiger partial charge in [0.05, 0.1) is 4.70 Å². The van der Waals surface area contributed by atoms with E-state index >= 15 is 0 Å². The van der Waals surface area contributed by atoms with E-state index in [1.54, 1.807) is 11.3 Å². The Morgan fingerprint density at radius 3 is 2.50 bits per heavy atom. The van der Waals surface area contributed by atoms with E-state index in [1.807, 2.05) is 30.3 Å². The first kappa shape index (κ1) is 11.8. The number of benzene rings is 2. The summed E-state index contributed by atoms with van der Waals surface area (Å²) in [6.07, 6.45) is 0. The van der Waals surface area contributed by atoms with Crippen molar-refractivity contribution in [3.63, 3.8) is 0 Å². The van der Waals surface area contributed by atoms with Gasteiger partial charge in [0, 0.05) is 21.7 Å². The molecule has 0 aliphatic rings. The van der Waals surface area contributed by atoms with Gasteiger partial charge in [-0.2, -0.15) is 0 Å². The van der Waals surface area contributed by atoms with Crippen LogP contribution in [0.2, 0.25) is 0 Å². The first-order valence-corrected chi connectivity index (χ1v) is 7.56. The minimum absolute atomic E-state index is 0.528. The topological polar surface area (TPSA) is 13.1 Å². The molecule has 4 rings (SSSR count). The van der Waals surface area contributed by atoms with Gasteiger partial charge in [0.25, 0.3) is 0 Å². The molecule has 4 aromatic rings. The lowest BCUT2D eigenvalue weighted by molar-refractivity contribution is 0.591. The zero-order chi connectivity index (χ0) is 13.5. The molecule has 0 saturated carbocycles. The lowest BCUT2D eigenvalue weighted by atomic mass is 10.1. The zero-order valence-electron chi connectivity index (χ0n) is 10.5. The third-order valence-electron chi connectivity index (χ3n) is 3.34. The average Bonchev–Trinajstić information content (AvgIpc) is 2.86. The monoisotopic (exact) mass is 294 g/mol. The molecule has 2 aromatic carbocycles. The second kappa shape index (κ2) is 4.54. The van der Waals surface area contributed by atoms with Crippen LogP contribution in [0.15, 0.2) is 65.1 Å². The fraction of sp³-hybridized carbons (Fsp3) is 0. The maximum atomic E-state index is 5.80. The van der Waals surface area contributed by atoms with Gasteiger partial charge in [-0.25, -0.2) is 0 Å². The Hall–Kier alpha value is -1.97. The highest BCUT2D eigenvalue weighted by Crippen LogP contribution is 2.39. The second-order valence-corrected chi connectivity index (χ2v) is 6.06. The summed E-state index contributed by atoms with van der Waals surface area (Å²) >= 11 is 7.05. The summed E-state index contributed by atoms with van der Waals surface area (Å²) in [6.45, 7) is 0. The third kappa shape index (κ3) is 1.79. The maximum absolute atomic E-state index is 5.80. The molecule has 1 nitrogen and oxygen atoms in total. The second-order valence-electron chi connectivity index (χ2n) is 4.60. The highest BCUT2D eigenvalue weighted by Gasteiger charge is 2.12. The molecule has 0 spiro atoms. The van der Waals surface area contributed by atoms with Crippen LogP contribution in [0.4, 0.5) is 0 Å². The molecule has 20 heavy (non-hydrogen) atoms. The normalized spacial score (nSPS) is 11.2. The quantitative estimate of drug-likeness (QED) is 0.397. The molecule has 96 valence electrons. The molecule has 0 saturated heterocycles. The van der Waals surface area contributed by atoms with E-state index in [9.17, 15) is 0 Å². The predicted molar refractivity (Wildman–Crippen MR) is 87.9 cm³/mol. The van der Waals surface area contributed by atoms with Crippen LogP contribution in [0.25, 0.3) is 31.5 Å². The van der Waals surface area contributed by atoms with Gasteiger partial charge in [0.1, 0.15) is 0 Å². The van der Waals surface area contributed by atoms with Gasteiger partial charge in [0.2, 0.25) is 0 Å². The molecule has 0 unspecified atom stereocenters. The Labute approximate surface area is 125 Å². The smallest absolute Gasteiger partial charge is 0.191 e. The van der Waals surface area contributed by atoms with E-state index in [1.165, 1.54) is 10.3 Å². The van der Waals surface area contributed by atoms with Crippen molar-refractivity contribution in [1.82, 2.24) is 0 Å². The number of thiophene rings is 1. The zero-order valence-corrected chi connectivity index (χ0v) is 12.1. The first-order valence-electron chi connectivity index (χ1n) is 6.34. The van der Waals surface area contributed by atoms with Crippen molar-refractivity contribution >= 4 is 43.9 Å². The van der Waals surface area contributed by atoms with Crippen LogP contribution in [0.1, 0.15) is 0 Å². The first-order chi connectivity index (χ1) is 9.83. The standard InChI is InChI=1S/C17H10OS2/c19-15-10-13(11-6-2-1-3-7-11)17-16(18-15)12-8-4-5-9-14(12)20-17/h1-10H. The number of rotatable bonds is 1. The van der Waals surface area contributed by atoms with Gasteiger partial charge in [-0.3, -0.25) is 0 Å². The van der Waals surface area contributed by atoms with Gasteiger partial charge in [-0.1, -0.05) is 42.5 Å². The minimum Gasteiger partial charge on any atom is -0.444 e. The van der Waals surface area contributed by atoms with Crippen molar-refractivity contribution < 1.29 is 4.42 Å². The summed E-state index contributed by atoms with van der Waals surface area (Å²) < 4.78 is 8.71. The van der Waals surface area contributed by atoms with Gasteiger partial charge in [0.15, 0.2) is 10.3 Å². The van der Waals surface area contributed by atoms with Crippen molar-refractivity contribution in [3.05, 3.63) is 65.4 Å². The Morgan fingerprint density at radius 2 is 1.65 bits per heavy atom. The highest BCUT2D eigenvalue weighted by molar-refractivity contribution is 7.71. The number of hydrogen-bond acceptors (Lipinski definition) is 3. The molecule has 0 atom stereocenters. The van der Waals surface area contributed by atoms with E-state index in [4.69, 9.17) is 16.6 Å². The van der Waals surface area contributed by atoms with Crippen molar-refractivity contribution in [2.24, 2.45) is 0 Å². The third-order valence-corrected chi connectivity index (χ3v) is 4.73. The van der Waals surface area contributed by atoms with Crippen molar-refractivity contribution in [1.29, 1.82) is 0 Å². The molecule has 3 heteroatoms. The summed E-state index contributed by atoms with van der Waals surface area (Å²) in [5.41, 5.74) is 3.22. The maximum Gasteiger partial charge on any atom is 0.191 e. The largest absolute Gasteiger partial charge is 0.444 e. The molecular formula is C17H10OS2. The van der Waals surface area contributed by atoms with Crippen molar-refractivity contribution in [2.75, 3.05) is 0 Å². The summed E-state index contributed by atoms with van der Waals surface area (Å²) in [7, 11) is 0. The van der Waals surface area contributed by atoms with E-state index < -0.39 is 0 Å². The molecule has 0 bridgehead atoms. The fourth-order valence-corrected chi connectivity index (χ4v) is 3.82. The van der Waals surface area contributed by atoms with Crippen LogP contribution in [0.3, 0.4) is 0 Å². The SMILES string of the molecule is S=c1cc(-c2ccccc2)c2sc3ccccc3c2o1.